The molecule has 14 heavy (non-hydrogen) atoms. The van der Waals surface area contributed by atoms with Crippen molar-refractivity contribution in [1.29, 1.82) is 0 Å². The molecule has 0 radical (unpaired) electrons. The molecule has 0 saturated carbocycles. The predicted octanol–water partition coefficient (Wildman–Crippen LogP) is 1.96. The van der Waals surface area contributed by atoms with Gasteiger partial charge in [0.1, 0.15) is 0 Å². The van der Waals surface area contributed by atoms with Crippen molar-refractivity contribution in [2.75, 3.05) is 11.1 Å². The van der Waals surface area contributed by atoms with E-state index in [4.69, 9.17) is 4.55 Å². The van der Waals surface area contributed by atoms with Crippen LogP contribution >= 0.6 is 15.9 Å². The zero-order valence-corrected chi connectivity index (χ0v) is 10.1. The number of halogens is 1. The van der Waals surface area contributed by atoms with E-state index < -0.39 is 10.1 Å². The first-order valence-electron chi connectivity index (χ1n) is 4.57. The van der Waals surface area contributed by atoms with Gasteiger partial charge in [0.25, 0.3) is 10.1 Å². The average molecular weight is 297 g/mol. The number of rotatable bonds is 8. The Labute approximate surface area is 117 Å². The van der Waals surface area contributed by atoms with Crippen LogP contribution < -0.4 is 0 Å². The van der Waals surface area contributed by atoms with E-state index in [9.17, 15) is 8.42 Å². The van der Waals surface area contributed by atoms with Crippen LogP contribution in [0.4, 0.5) is 0 Å². The molecule has 0 atom stereocenters. The van der Waals surface area contributed by atoms with Gasteiger partial charge in [-0.3, -0.25) is 4.55 Å². The maximum atomic E-state index is 10.3. The molecule has 3 nitrogen and oxygen atoms in total. The molecule has 0 unspecified atom stereocenters. The van der Waals surface area contributed by atoms with E-state index in [0.717, 1.165) is 24.6 Å². The van der Waals surface area contributed by atoms with Gasteiger partial charge in [-0.2, -0.15) is 8.42 Å². The summed E-state index contributed by atoms with van der Waals surface area (Å²) in [5, 5.41) is 1.04. The van der Waals surface area contributed by atoms with Crippen molar-refractivity contribution in [3.63, 3.8) is 0 Å². The second kappa shape index (κ2) is 10.9. The van der Waals surface area contributed by atoms with E-state index in [0.29, 0.717) is 6.42 Å². The summed E-state index contributed by atoms with van der Waals surface area (Å²) in [6, 6.07) is 0. The van der Waals surface area contributed by atoms with Crippen molar-refractivity contribution in [3.8, 4) is 0 Å². The third kappa shape index (κ3) is 15.8. The molecular weight excluding hydrogens is 279 g/mol. The molecule has 0 fully saturated rings. The number of alkyl halides is 1. The van der Waals surface area contributed by atoms with Gasteiger partial charge >= 0.3 is 29.6 Å². The van der Waals surface area contributed by atoms with Crippen LogP contribution in [0.25, 0.3) is 0 Å². The SMILES string of the molecule is O=S(=O)(O)CCCCCCCCBr.[NaH]. The van der Waals surface area contributed by atoms with E-state index in [-0.39, 0.29) is 35.3 Å². The summed E-state index contributed by atoms with van der Waals surface area (Å²) in [4.78, 5) is 0. The van der Waals surface area contributed by atoms with Crippen molar-refractivity contribution < 1.29 is 13.0 Å². The molecule has 0 aliphatic heterocycles. The Hall–Kier alpha value is 1.39. The summed E-state index contributed by atoms with van der Waals surface area (Å²) in [5.41, 5.74) is 0. The summed E-state index contributed by atoms with van der Waals surface area (Å²) >= 11 is 3.35. The van der Waals surface area contributed by atoms with E-state index in [1.807, 2.05) is 0 Å². The Morgan fingerprint density at radius 1 is 0.929 bits per heavy atom. The van der Waals surface area contributed by atoms with Crippen molar-refractivity contribution >= 4 is 55.6 Å². The van der Waals surface area contributed by atoms with Crippen LogP contribution in [0.1, 0.15) is 38.5 Å². The van der Waals surface area contributed by atoms with Crippen LogP contribution in [0.3, 0.4) is 0 Å². The predicted molar refractivity (Wildman–Crippen MR) is 65.1 cm³/mol. The van der Waals surface area contributed by atoms with E-state index in [1.54, 1.807) is 0 Å². The van der Waals surface area contributed by atoms with Crippen molar-refractivity contribution in [2.24, 2.45) is 0 Å². The minimum atomic E-state index is -3.73. The van der Waals surface area contributed by atoms with Crippen molar-refractivity contribution in [2.45, 2.75) is 38.5 Å². The second-order valence-corrected chi connectivity index (χ2v) is 5.46. The van der Waals surface area contributed by atoms with Crippen molar-refractivity contribution in [3.05, 3.63) is 0 Å². The normalized spacial score (nSPS) is 11.0. The van der Waals surface area contributed by atoms with Crippen LogP contribution in [-0.2, 0) is 10.1 Å². The second-order valence-electron chi connectivity index (χ2n) is 3.10. The van der Waals surface area contributed by atoms with Crippen molar-refractivity contribution in [1.82, 2.24) is 0 Å². The van der Waals surface area contributed by atoms with Crippen LogP contribution in [0.5, 0.6) is 0 Å². The molecule has 0 aliphatic carbocycles. The van der Waals surface area contributed by atoms with Gasteiger partial charge in [-0.1, -0.05) is 41.6 Å². The van der Waals surface area contributed by atoms with Crippen LogP contribution in [0.15, 0.2) is 0 Å². The molecule has 0 rings (SSSR count). The van der Waals surface area contributed by atoms with Gasteiger partial charge in [0.15, 0.2) is 0 Å². The maximum absolute atomic E-state index is 10.3. The summed E-state index contributed by atoms with van der Waals surface area (Å²) in [5.74, 6) is -0.0918. The van der Waals surface area contributed by atoms with Gasteiger partial charge < -0.3 is 0 Å². The number of unbranched alkanes of at least 4 members (excludes halogenated alkanes) is 5. The summed E-state index contributed by atoms with van der Waals surface area (Å²) in [7, 11) is -3.73. The first-order chi connectivity index (χ1) is 6.06. The molecule has 0 aromatic carbocycles. The van der Waals surface area contributed by atoms with Gasteiger partial charge in [-0.05, 0) is 12.8 Å². The van der Waals surface area contributed by atoms with Crippen LogP contribution in [0.2, 0.25) is 0 Å². The van der Waals surface area contributed by atoms with E-state index >= 15 is 0 Å². The topological polar surface area (TPSA) is 54.4 Å². The van der Waals surface area contributed by atoms with Gasteiger partial charge in [0, 0.05) is 5.33 Å². The zero-order valence-electron chi connectivity index (χ0n) is 7.71. The van der Waals surface area contributed by atoms with Gasteiger partial charge in [-0.15, -0.1) is 0 Å². The van der Waals surface area contributed by atoms with E-state index in [2.05, 4.69) is 15.9 Å². The monoisotopic (exact) mass is 296 g/mol. The molecule has 0 aromatic rings. The molecule has 0 bridgehead atoms. The van der Waals surface area contributed by atoms with Crippen LogP contribution in [0, 0.1) is 0 Å². The first-order valence-corrected chi connectivity index (χ1v) is 7.30. The van der Waals surface area contributed by atoms with Crippen LogP contribution in [-0.4, -0.2) is 53.6 Å². The van der Waals surface area contributed by atoms with Gasteiger partial charge in [-0.25, -0.2) is 0 Å². The standard InChI is InChI=1S/C8H17BrO3S.Na.H/c9-7-5-3-1-2-4-6-8-13(10,11)12;;/h1-8H2,(H,10,11,12);;. The van der Waals surface area contributed by atoms with Gasteiger partial charge in [0.2, 0.25) is 0 Å². The fourth-order valence-corrected chi connectivity index (χ4v) is 2.05. The zero-order chi connectivity index (χ0) is 10.2. The fraction of sp³-hybridized carbons (Fsp3) is 1.00. The number of hydrogen-bond acceptors (Lipinski definition) is 2. The Balaban J connectivity index is 0. The molecule has 82 valence electrons. The summed E-state index contributed by atoms with van der Waals surface area (Å²) < 4.78 is 29.1. The Morgan fingerprint density at radius 3 is 1.79 bits per heavy atom. The molecule has 0 aliphatic rings. The molecule has 6 heteroatoms. The number of hydrogen-bond donors (Lipinski definition) is 1. The first kappa shape index (κ1) is 17.8. The quantitative estimate of drug-likeness (QED) is 0.322. The molecule has 0 heterocycles. The summed E-state index contributed by atoms with van der Waals surface area (Å²) in [6.45, 7) is 0. The minimum absolute atomic E-state index is 0. The molecule has 0 amide bonds. The Bertz CT molecular complexity index is 207. The Kier molecular flexibility index (Phi) is 13.8. The van der Waals surface area contributed by atoms with E-state index in [1.165, 1.54) is 12.8 Å². The fourth-order valence-electron chi connectivity index (χ4n) is 1.09. The molecule has 0 saturated heterocycles. The third-order valence-corrected chi connectivity index (χ3v) is 3.15. The Morgan fingerprint density at radius 2 is 1.36 bits per heavy atom. The molecule has 0 aromatic heterocycles. The third-order valence-electron chi connectivity index (χ3n) is 1.79. The molecule has 1 N–H and O–H groups in total. The average Bonchev–Trinajstić information content (AvgIpc) is 2.01. The molecular formula is C8H18BrNaO3S. The van der Waals surface area contributed by atoms with Gasteiger partial charge in [0.05, 0.1) is 5.75 Å². The summed E-state index contributed by atoms with van der Waals surface area (Å²) in [6.07, 6.45) is 6.05. The molecule has 0 spiro atoms.